The maximum atomic E-state index is 4.25. The molecule has 0 aromatic carbocycles. The summed E-state index contributed by atoms with van der Waals surface area (Å²) in [6.07, 6.45) is 3.62. The maximum Gasteiger partial charge on any atom is 0.148 e. The topological polar surface area (TPSA) is 37.8 Å². The van der Waals surface area contributed by atoms with Crippen LogP contribution in [0.5, 0.6) is 0 Å². The summed E-state index contributed by atoms with van der Waals surface area (Å²) in [4.78, 5) is 0. The third kappa shape index (κ3) is 1.86. The Hall–Kier alpha value is -1.12. The summed E-state index contributed by atoms with van der Waals surface area (Å²) in [5, 5.41) is 11.6. The summed E-state index contributed by atoms with van der Waals surface area (Å²) >= 11 is 0. The first-order valence-electron chi connectivity index (χ1n) is 5.33. The number of hydrogen-bond donors (Lipinski definition) is 1. The molecule has 1 aliphatic rings. The highest BCUT2D eigenvalue weighted by Gasteiger charge is 2.40. The zero-order valence-corrected chi connectivity index (χ0v) is 8.88. The highest BCUT2D eigenvalue weighted by molar-refractivity contribution is 5.35. The van der Waals surface area contributed by atoms with Gasteiger partial charge in [0.2, 0.25) is 0 Å². The average Bonchev–Trinajstić information content (AvgIpc) is 2.96. The van der Waals surface area contributed by atoms with Gasteiger partial charge in [-0.25, -0.2) is 0 Å². The molecular weight excluding hydrogens is 174 g/mol. The Morgan fingerprint density at radius 3 is 2.64 bits per heavy atom. The van der Waals surface area contributed by atoms with Crippen LogP contribution in [-0.4, -0.2) is 16.7 Å². The SMILES string of the molecule is CCCNc1ccc(C2(C)CC2)nn1. The number of anilines is 1. The predicted molar refractivity (Wildman–Crippen MR) is 57.4 cm³/mol. The van der Waals surface area contributed by atoms with Crippen molar-refractivity contribution in [2.24, 2.45) is 0 Å². The molecule has 76 valence electrons. The van der Waals surface area contributed by atoms with Crippen LogP contribution in [0.15, 0.2) is 12.1 Å². The van der Waals surface area contributed by atoms with Gasteiger partial charge in [0, 0.05) is 12.0 Å². The fourth-order valence-electron chi connectivity index (χ4n) is 1.45. The van der Waals surface area contributed by atoms with E-state index in [1.165, 1.54) is 12.8 Å². The van der Waals surface area contributed by atoms with E-state index in [0.717, 1.165) is 24.5 Å². The molecule has 0 saturated heterocycles. The van der Waals surface area contributed by atoms with Gasteiger partial charge in [0.25, 0.3) is 0 Å². The van der Waals surface area contributed by atoms with E-state index >= 15 is 0 Å². The molecule has 0 radical (unpaired) electrons. The lowest BCUT2D eigenvalue weighted by atomic mass is 10.1. The van der Waals surface area contributed by atoms with Crippen LogP contribution in [-0.2, 0) is 5.41 Å². The minimum atomic E-state index is 0.330. The van der Waals surface area contributed by atoms with Crippen LogP contribution in [0.4, 0.5) is 5.82 Å². The average molecular weight is 191 g/mol. The van der Waals surface area contributed by atoms with Crippen LogP contribution in [0.25, 0.3) is 0 Å². The second kappa shape index (κ2) is 3.56. The van der Waals surface area contributed by atoms with E-state index in [9.17, 15) is 0 Å². The first-order valence-corrected chi connectivity index (χ1v) is 5.33. The van der Waals surface area contributed by atoms with Crippen molar-refractivity contribution in [3.05, 3.63) is 17.8 Å². The van der Waals surface area contributed by atoms with Gasteiger partial charge in [0.15, 0.2) is 0 Å². The van der Waals surface area contributed by atoms with Crippen molar-refractivity contribution in [3.8, 4) is 0 Å². The van der Waals surface area contributed by atoms with Gasteiger partial charge >= 0.3 is 0 Å². The van der Waals surface area contributed by atoms with Crippen molar-refractivity contribution >= 4 is 5.82 Å². The van der Waals surface area contributed by atoms with E-state index in [0.29, 0.717) is 5.41 Å². The molecule has 3 heteroatoms. The summed E-state index contributed by atoms with van der Waals surface area (Å²) in [5.41, 5.74) is 1.47. The molecule has 1 heterocycles. The number of aromatic nitrogens is 2. The lowest BCUT2D eigenvalue weighted by molar-refractivity contribution is 0.723. The number of rotatable bonds is 4. The molecule has 1 saturated carbocycles. The van der Waals surface area contributed by atoms with Crippen molar-refractivity contribution in [1.29, 1.82) is 0 Å². The molecule has 3 nitrogen and oxygen atoms in total. The van der Waals surface area contributed by atoms with Gasteiger partial charge in [-0.05, 0) is 31.4 Å². The number of nitrogens with zero attached hydrogens (tertiary/aromatic N) is 2. The van der Waals surface area contributed by atoms with Crippen LogP contribution in [0.2, 0.25) is 0 Å². The fraction of sp³-hybridized carbons (Fsp3) is 0.636. The standard InChI is InChI=1S/C11H17N3/c1-3-8-12-10-5-4-9(13-14-10)11(2)6-7-11/h4-5H,3,6-8H2,1-2H3,(H,12,14). The molecule has 0 bridgehead atoms. The van der Waals surface area contributed by atoms with Crippen LogP contribution in [0.3, 0.4) is 0 Å². The van der Waals surface area contributed by atoms with Crippen LogP contribution in [0.1, 0.15) is 38.8 Å². The Balaban J connectivity index is 2.03. The number of hydrogen-bond acceptors (Lipinski definition) is 3. The third-order valence-electron chi connectivity index (χ3n) is 2.84. The van der Waals surface area contributed by atoms with Gasteiger partial charge in [0.1, 0.15) is 5.82 Å². The van der Waals surface area contributed by atoms with Gasteiger partial charge in [-0.1, -0.05) is 13.8 Å². The molecule has 1 N–H and O–H groups in total. The Morgan fingerprint density at radius 1 is 1.36 bits per heavy atom. The molecule has 14 heavy (non-hydrogen) atoms. The number of nitrogens with one attached hydrogen (secondary N) is 1. The van der Waals surface area contributed by atoms with E-state index in [1.54, 1.807) is 0 Å². The van der Waals surface area contributed by atoms with E-state index in [2.05, 4.69) is 35.4 Å². The molecular formula is C11H17N3. The summed E-state index contributed by atoms with van der Waals surface area (Å²) in [7, 11) is 0. The highest BCUT2D eigenvalue weighted by atomic mass is 15.2. The van der Waals surface area contributed by atoms with Crippen molar-refractivity contribution < 1.29 is 0 Å². The maximum absolute atomic E-state index is 4.25. The monoisotopic (exact) mass is 191 g/mol. The second-order valence-electron chi connectivity index (χ2n) is 4.29. The van der Waals surface area contributed by atoms with Gasteiger partial charge < -0.3 is 5.32 Å². The molecule has 0 aliphatic heterocycles. The van der Waals surface area contributed by atoms with E-state index in [1.807, 2.05) is 6.07 Å². The van der Waals surface area contributed by atoms with E-state index < -0.39 is 0 Å². The smallest absolute Gasteiger partial charge is 0.148 e. The molecule has 0 amide bonds. The van der Waals surface area contributed by atoms with Gasteiger partial charge in [-0.3, -0.25) is 0 Å². The molecule has 0 unspecified atom stereocenters. The Bertz CT molecular complexity index is 301. The minimum Gasteiger partial charge on any atom is -0.369 e. The quantitative estimate of drug-likeness (QED) is 0.793. The third-order valence-corrected chi connectivity index (χ3v) is 2.84. The first kappa shape index (κ1) is 9.44. The fourth-order valence-corrected chi connectivity index (χ4v) is 1.45. The Kier molecular flexibility index (Phi) is 2.40. The molecule has 2 rings (SSSR count). The zero-order chi connectivity index (χ0) is 10.0. The summed E-state index contributed by atoms with van der Waals surface area (Å²) < 4.78 is 0. The van der Waals surface area contributed by atoms with E-state index in [4.69, 9.17) is 0 Å². The molecule has 1 aliphatic carbocycles. The summed E-state index contributed by atoms with van der Waals surface area (Å²) in [6.45, 7) is 5.35. The van der Waals surface area contributed by atoms with Crippen molar-refractivity contribution in [3.63, 3.8) is 0 Å². The van der Waals surface area contributed by atoms with Gasteiger partial charge in [0.05, 0.1) is 5.69 Å². The molecule has 1 fully saturated rings. The van der Waals surface area contributed by atoms with Crippen LogP contribution in [0, 0.1) is 0 Å². The zero-order valence-electron chi connectivity index (χ0n) is 8.88. The lowest BCUT2D eigenvalue weighted by Crippen LogP contribution is -2.07. The largest absolute Gasteiger partial charge is 0.369 e. The van der Waals surface area contributed by atoms with Gasteiger partial charge in [-0.2, -0.15) is 5.10 Å². The second-order valence-corrected chi connectivity index (χ2v) is 4.29. The molecule has 1 aromatic rings. The first-order chi connectivity index (χ1) is 6.74. The van der Waals surface area contributed by atoms with E-state index in [-0.39, 0.29) is 0 Å². The molecule has 0 spiro atoms. The molecule has 0 atom stereocenters. The van der Waals surface area contributed by atoms with Crippen LogP contribution < -0.4 is 5.32 Å². The summed E-state index contributed by atoms with van der Waals surface area (Å²) in [6, 6.07) is 4.12. The Morgan fingerprint density at radius 2 is 2.14 bits per heavy atom. The normalized spacial score (nSPS) is 17.9. The summed E-state index contributed by atoms with van der Waals surface area (Å²) in [5.74, 6) is 0.889. The predicted octanol–water partition coefficient (Wildman–Crippen LogP) is 2.35. The lowest BCUT2D eigenvalue weighted by Gasteiger charge is -2.07. The molecule has 1 aromatic heterocycles. The highest BCUT2D eigenvalue weighted by Crippen LogP contribution is 2.46. The van der Waals surface area contributed by atoms with Crippen LogP contribution >= 0.6 is 0 Å². The van der Waals surface area contributed by atoms with Crippen molar-refractivity contribution in [2.45, 2.75) is 38.5 Å². The Labute approximate surface area is 84.9 Å². The van der Waals surface area contributed by atoms with Gasteiger partial charge in [-0.15, -0.1) is 5.10 Å². The van der Waals surface area contributed by atoms with Crippen molar-refractivity contribution in [1.82, 2.24) is 10.2 Å². The van der Waals surface area contributed by atoms with Crippen molar-refractivity contribution in [2.75, 3.05) is 11.9 Å². The minimum absolute atomic E-state index is 0.330.